The molecule has 1 aromatic carbocycles. The van der Waals surface area contributed by atoms with Crippen LogP contribution in [0.25, 0.3) is 0 Å². The molecule has 0 spiro atoms. The van der Waals surface area contributed by atoms with Crippen molar-refractivity contribution >= 4 is 41.5 Å². The zero-order chi connectivity index (χ0) is 14.5. The molecule has 1 unspecified atom stereocenters. The number of hydrogen-bond acceptors (Lipinski definition) is 2. The Morgan fingerprint density at radius 3 is 2.57 bits per heavy atom. The van der Waals surface area contributed by atoms with Crippen molar-refractivity contribution in [3.05, 3.63) is 33.8 Å². The van der Waals surface area contributed by atoms with Crippen LogP contribution in [0.15, 0.2) is 18.2 Å². The van der Waals surface area contributed by atoms with Crippen molar-refractivity contribution in [3.63, 3.8) is 0 Å². The molecule has 0 bridgehead atoms. The van der Waals surface area contributed by atoms with Gasteiger partial charge in [-0.05, 0) is 37.0 Å². The molecule has 1 fully saturated rings. The van der Waals surface area contributed by atoms with E-state index in [0.29, 0.717) is 28.1 Å². The van der Waals surface area contributed by atoms with Gasteiger partial charge in [0.25, 0.3) is 5.91 Å². The number of benzene rings is 1. The summed E-state index contributed by atoms with van der Waals surface area (Å²) in [5, 5.41) is 3.92. The molecule has 6 heteroatoms. The van der Waals surface area contributed by atoms with Crippen molar-refractivity contribution in [2.24, 2.45) is 11.7 Å². The lowest BCUT2D eigenvalue weighted by Gasteiger charge is -2.30. The number of nitrogens with two attached hydrogens (primary N) is 1. The van der Waals surface area contributed by atoms with Gasteiger partial charge in [0.2, 0.25) is 0 Å². The summed E-state index contributed by atoms with van der Waals surface area (Å²) < 4.78 is 0. The maximum atomic E-state index is 12.3. The zero-order valence-electron chi connectivity index (χ0n) is 11.8. The smallest absolute Gasteiger partial charge is 0.253 e. The Hall–Kier alpha value is -0.480. The summed E-state index contributed by atoms with van der Waals surface area (Å²) in [4.78, 5) is 12.3. The average molecular weight is 352 g/mol. The summed E-state index contributed by atoms with van der Waals surface area (Å²) in [7, 11) is 0. The molecule has 3 nitrogen and oxygen atoms in total. The molecule has 2 rings (SSSR count). The molecule has 1 aliphatic carbocycles. The van der Waals surface area contributed by atoms with Crippen molar-refractivity contribution in [3.8, 4) is 0 Å². The topological polar surface area (TPSA) is 55.1 Å². The van der Waals surface area contributed by atoms with Gasteiger partial charge in [-0.2, -0.15) is 0 Å². The third kappa shape index (κ3) is 5.03. The van der Waals surface area contributed by atoms with E-state index in [-0.39, 0.29) is 24.4 Å². The lowest BCUT2D eigenvalue weighted by molar-refractivity contribution is 0.0915. The highest BCUT2D eigenvalue weighted by Crippen LogP contribution is 2.27. The number of amides is 1. The van der Waals surface area contributed by atoms with Gasteiger partial charge in [0.15, 0.2) is 0 Å². The number of halogens is 3. The Morgan fingerprint density at radius 2 is 1.95 bits per heavy atom. The van der Waals surface area contributed by atoms with Crippen LogP contribution in [-0.2, 0) is 0 Å². The number of hydrogen-bond donors (Lipinski definition) is 2. The molecule has 1 aliphatic rings. The van der Waals surface area contributed by atoms with E-state index in [0.717, 1.165) is 12.8 Å². The summed E-state index contributed by atoms with van der Waals surface area (Å²) in [6.45, 7) is 0.453. The monoisotopic (exact) mass is 350 g/mol. The molecule has 1 amide bonds. The molecule has 1 atom stereocenters. The predicted molar refractivity (Wildman–Crippen MR) is 90.6 cm³/mol. The van der Waals surface area contributed by atoms with Crippen molar-refractivity contribution in [2.75, 3.05) is 6.54 Å². The first-order valence-corrected chi connectivity index (χ1v) is 7.83. The van der Waals surface area contributed by atoms with E-state index in [1.54, 1.807) is 18.2 Å². The van der Waals surface area contributed by atoms with Crippen LogP contribution in [0.3, 0.4) is 0 Å². The molecule has 0 radical (unpaired) electrons. The highest BCUT2D eigenvalue weighted by atomic mass is 35.5. The van der Waals surface area contributed by atoms with E-state index in [4.69, 9.17) is 28.9 Å². The van der Waals surface area contributed by atoms with Crippen LogP contribution in [-0.4, -0.2) is 18.5 Å². The Bertz CT molecular complexity index is 476. The molecule has 1 aromatic rings. The molecule has 0 aromatic heterocycles. The van der Waals surface area contributed by atoms with Crippen LogP contribution in [0.4, 0.5) is 0 Å². The van der Waals surface area contributed by atoms with E-state index in [9.17, 15) is 4.79 Å². The second-order valence-corrected chi connectivity index (χ2v) is 6.18. The fraction of sp³-hybridized carbons (Fsp3) is 0.533. The molecule has 0 heterocycles. The normalized spacial score (nSPS) is 16.9. The van der Waals surface area contributed by atoms with Crippen LogP contribution >= 0.6 is 35.6 Å². The number of rotatable bonds is 4. The SMILES string of the molecule is Cl.NCC(NC(=O)c1cc(Cl)ccc1Cl)C1CCCCC1. The lowest BCUT2D eigenvalue weighted by atomic mass is 9.84. The van der Waals surface area contributed by atoms with Gasteiger partial charge in [-0.15, -0.1) is 12.4 Å². The van der Waals surface area contributed by atoms with E-state index in [1.165, 1.54) is 19.3 Å². The maximum Gasteiger partial charge on any atom is 0.253 e. The second-order valence-electron chi connectivity index (χ2n) is 5.34. The molecule has 1 saturated carbocycles. The molecule has 0 aliphatic heterocycles. The quantitative estimate of drug-likeness (QED) is 0.859. The minimum Gasteiger partial charge on any atom is -0.348 e. The van der Waals surface area contributed by atoms with Gasteiger partial charge in [-0.25, -0.2) is 0 Å². The van der Waals surface area contributed by atoms with Gasteiger partial charge in [0.05, 0.1) is 10.6 Å². The minimum atomic E-state index is -0.196. The lowest BCUT2D eigenvalue weighted by Crippen LogP contribution is -2.46. The van der Waals surface area contributed by atoms with Gasteiger partial charge in [0.1, 0.15) is 0 Å². The van der Waals surface area contributed by atoms with Crippen molar-refractivity contribution in [1.29, 1.82) is 0 Å². The van der Waals surface area contributed by atoms with Gasteiger partial charge in [-0.1, -0.05) is 42.5 Å². The average Bonchev–Trinajstić information content (AvgIpc) is 2.48. The summed E-state index contributed by atoms with van der Waals surface area (Å²) in [6, 6.07) is 4.91. The first-order valence-electron chi connectivity index (χ1n) is 7.08. The fourth-order valence-electron chi connectivity index (χ4n) is 2.82. The first-order chi connectivity index (χ1) is 9.61. The fourth-order valence-corrected chi connectivity index (χ4v) is 3.20. The molecule has 21 heavy (non-hydrogen) atoms. The van der Waals surface area contributed by atoms with Crippen molar-refractivity contribution < 1.29 is 4.79 Å². The molecule has 3 N–H and O–H groups in total. The van der Waals surface area contributed by atoms with Crippen LogP contribution in [0.1, 0.15) is 42.5 Å². The number of nitrogens with one attached hydrogen (secondary N) is 1. The molecular formula is C15H21Cl3N2O. The van der Waals surface area contributed by atoms with E-state index in [2.05, 4.69) is 5.32 Å². The second kappa shape index (κ2) is 8.84. The Labute approximate surface area is 142 Å². The Kier molecular flexibility index (Phi) is 7.82. The van der Waals surface area contributed by atoms with Crippen LogP contribution in [0.2, 0.25) is 10.0 Å². The summed E-state index contributed by atoms with van der Waals surface area (Å²) >= 11 is 12.0. The predicted octanol–water partition coefficient (Wildman–Crippen LogP) is 4.05. The third-order valence-corrected chi connectivity index (χ3v) is 4.53. The Morgan fingerprint density at radius 1 is 1.29 bits per heavy atom. The molecule has 118 valence electrons. The van der Waals surface area contributed by atoms with Crippen LogP contribution in [0, 0.1) is 5.92 Å². The largest absolute Gasteiger partial charge is 0.348 e. The standard InChI is InChI=1S/C15H20Cl2N2O.ClH/c16-11-6-7-13(17)12(8-11)15(20)19-14(9-18)10-4-2-1-3-5-10;/h6-8,10,14H,1-5,9,18H2,(H,19,20);1H. The van der Waals surface area contributed by atoms with E-state index >= 15 is 0 Å². The maximum absolute atomic E-state index is 12.3. The zero-order valence-corrected chi connectivity index (χ0v) is 14.1. The van der Waals surface area contributed by atoms with Crippen LogP contribution < -0.4 is 11.1 Å². The molecular weight excluding hydrogens is 331 g/mol. The van der Waals surface area contributed by atoms with E-state index < -0.39 is 0 Å². The highest BCUT2D eigenvalue weighted by Gasteiger charge is 2.25. The number of carbonyl (C=O) groups is 1. The van der Waals surface area contributed by atoms with Gasteiger partial charge in [0, 0.05) is 17.6 Å². The summed E-state index contributed by atoms with van der Waals surface area (Å²) in [5.41, 5.74) is 6.23. The van der Waals surface area contributed by atoms with Gasteiger partial charge in [-0.3, -0.25) is 4.79 Å². The summed E-state index contributed by atoms with van der Waals surface area (Å²) in [5.74, 6) is 0.272. The van der Waals surface area contributed by atoms with Crippen molar-refractivity contribution in [2.45, 2.75) is 38.1 Å². The van der Waals surface area contributed by atoms with Gasteiger partial charge >= 0.3 is 0 Å². The minimum absolute atomic E-state index is 0. The van der Waals surface area contributed by atoms with E-state index in [1.807, 2.05) is 0 Å². The highest BCUT2D eigenvalue weighted by molar-refractivity contribution is 6.35. The summed E-state index contributed by atoms with van der Waals surface area (Å²) in [6.07, 6.45) is 5.97. The Balaban J connectivity index is 0.00000220. The number of carbonyl (C=O) groups excluding carboxylic acids is 1. The van der Waals surface area contributed by atoms with Crippen molar-refractivity contribution in [1.82, 2.24) is 5.32 Å². The van der Waals surface area contributed by atoms with Crippen LogP contribution in [0.5, 0.6) is 0 Å². The van der Waals surface area contributed by atoms with Gasteiger partial charge < -0.3 is 11.1 Å². The third-order valence-electron chi connectivity index (χ3n) is 3.96. The first kappa shape index (κ1) is 18.6. The molecule has 0 saturated heterocycles.